The Labute approximate surface area is 171 Å². The quantitative estimate of drug-likeness (QED) is 0.409. The van der Waals surface area contributed by atoms with E-state index in [1.54, 1.807) is 11.0 Å². The molecule has 0 saturated carbocycles. The molecule has 3 aromatic rings. The molecule has 0 unspecified atom stereocenters. The van der Waals surface area contributed by atoms with E-state index < -0.39 is 0 Å². The molecule has 0 spiro atoms. The molecule has 1 fully saturated rings. The second-order valence-corrected chi connectivity index (χ2v) is 7.98. The fourth-order valence-corrected chi connectivity index (χ4v) is 4.53. The Bertz CT molecular complexity index is 1080. The summed E-state index contributed by atoms with van der Waals surface area (Å²) < 4.78 is 1.08. The summed E-state index contributed by atoms with van der Waals surface area (Å²) in [6, 6.07) is 17.9. The third kappa shape index (κ3) is 3.98. The van der Waals surface area contributed by atoms with Crippen molar-refractivity contribution in [3.05, 3.63) is 89.9 Å². The van der Waals surface area contributed by atoms with Crippen LogP contribution in [0, 0.1) is 0 Å². The molecule has 1 amide bonds. The zero-order chi connectivity index (χ0) is 19.3. The summed E-state index contributed by atoms with van der Waals surface area (Å²) in [6.07, 6.45) is 7.40. The summed E-state index contributed by atoms with van der Waals surface area (Å²) in [5.41, 5.74) is 2.00. The largest absolute Gasteiger partial charge is 0.282 e. The maximum atomic E-state index is 12.8. The van der Waals surface area contributed by atoms with Crippen LogP contribution in [0.3, 0.4) is 0 Å². The van der Waals surface area contributed by atoms with Crippen molar-refractivity contribution in [1.29, 1.82) is 0 Å². The Morgan fingerprint density at radius 1 is 1.11 bits per heavy atom. The molecule has 0 radical (unpaired) electrons. The third-order valence-electron chi connectivity index (χ3n) is 4.01. The molecule has 4 rings (SSSR count). The van der Waals surface area contributed by atoms with Crippen LogP contribution in [0.15, 0.2) is 89.3 Å². The first-order valence-electron chi connectivity index (χ1n) is 8.73. The van der Waals surface area contributed by atoms with Crippen LogP contribution < -0.4 is 0 Å². The molecule has 2 heterocycles. The van der Waals surface area contributed by atoms with Crippen LogP contribution in [0.25, 0.3) is 16.3 Å². The Hall–Kier alpha value is -2.96. The number of amides is 1. The number of carbonyl (C=O) groups excluding carboxylic acids is 1. The number of carbonyl (C=O) groups is 1. The average molecular weight is 404 g/mol. The molecule has 0 aliphatic carbocycles. The van der Waals surface area contributed by atoms with Gasteiger partial charge in [0.15, 0.2) is 5.17 Å². The molecule has 1 aliphatic rings. The van der Waals surface area contributed by atoms with E-state index >= 15 is 0 Å². The number of aromatic nitrogens is 1. The number of para-hydroxylation sites is 1. The average Bonchev–Trinajstić information content (AvgIpc) is 3.25. The number of hydrogen-bond acceptors (Lipinski definition) is 5. The van der Waals surface area contributed by atoms with Crippen LogP contribution in [0.2, 0.25) is 0 Å². The molecular formula is C22H17N3OS2. The summed E-state index contributed by atoms with van der Waals surface area (Å²) >= 11 is 2.87. The number of aliphatic imine (C=N–C) groups is 1. The summed E-state index contributed by atoms with van der Waals surface area (Å²) in [7, 11) is 0. The first kappa shape index (κ1) is 18.4. The lowest BCUT2D eigenvalue weighted by Crippen LogP contribution is -2.29. The first-order valence-corrected chi connectivity index (χ1v) is 10.4. The summed E-state index contributed by atoms with van der Waals surface area (Å²) in [6.45, 7) is 4.17. The van der Waals surface area contributed by atoms with Gasteiger partial charge in [0.25, 0.3) is 5.91 Å². The van der Waals surface area contributed by atoms with Gasteiger partial charge in [-0.25, -0.2) is 4.98 Å². The molecule has 1 saturated heterocycles. The number of benzene rings is 2. The van der Waals surface area contributed by atoms with Gasteiger partial charge < -0.3 is 0 Å². The predicted octanol–water partition coefficient (Wildman–Crippen LogP) is 5.64. The number of nitrogens with zero attached hydrogens (tertiary/aromatic N) is 3. The molecule has 0 bridgehead atoms. The van der Waals surface area contributed by atoms with Crippen molar-refractivity contribution in [1.82, 2.24) is 9.88 Å². The molecule has 0 N–H and O–H groups in total. The van der Waals surface area contributed by atoms with Crippen LogP contribution in [0.4, 0.5) is 5.13 Å². The lowest BCUT2D eigenvalue weighted by molar-refractivity contribution is -0.121. The standard InChI is InChI=1S/C22H17N3OS2/c1-2-15-25-20(26)19(14-8-11-16-9-4-3-5-10-16)28-22(25)24-21-23-17-12-6-7-13-18(17)27-21/h2-14H,1,15H2/b11-8+,19-14+,24-22-. The topological polar surface area (TPSA) is 45.6 Å². The van der Waals surface area contributed by atoms with Crippen LogP contribution in [0.1, 0.15) is 5.56 Å². The van der Waals surface area contributed by atoms with E-state index in [1.165, 1.54) is 23.1 Å². The Morgan fingerprint density at radius 2 is 1.89 bits per heavy atom. The number of amidine groups is 1. The maximum absolute atomic E-state index is 12.8. The van der Waals surface area contributed by atoms with Crippen molar-refractivity contribution < 1.29 is 4.79 Å². The molecule has 6 heteroatoms. The van der Waals surface area contributed by atoms with Gasteiger partial charge in [-0.15, -0.1) is 6.58 Å². The highest BCUT2D eigenvalue weighted by Gasteiger charge is 2.32. The third-order valence-corrected chi connectivity index (χ3v) is 5.96. The number of fused-ring (bicyclic) bond motifs is 1. The summed E-state index contributed by atoms with van der Waals surface area (Å²) in [5, 5.41) is 1.27. The Kier molecular flexibility index (Phi) is 5.50. The SMILES string of the molecule is C=CCN1C(=O)/C(=C\C=C\c2ccccc2)S/C1=N\c1nc2ccccc2s1. The van der Waals surface area contributed by atoms with Gasteiger partial charge in [0.05, 0.1) is 15.1 Å². The van der Waals surface area contributed by atoms with E-state index in [0.29, 0.717) is 21.7 Å². The molecule has 2 aromatic carbocycles. The smallest absolute Gasteiger partial charge is 0.267 e. The molecule has 0 atom stereocenters. The summed E-state index contributed by atoms with van der Waals surface area (Å²) in [4.78, 5) is 24.2. The number of thioether (sulfide) groups is 1. The van der Waals surface area contributed by atoms with Crippen molar-refractivity contribution in [2.45, 2.75) is 0 Å². The number of allylic oxidation sites excluding steroid dienone is 2. The van der Waals surface area contributed by atoms with Gasteiger partial charge in [0.1, 0.15) is 0 Å². The van der Waals surface area contributed by atoms with E-state index in [-0.39, 0.29) is 5.91 Å². The highest BCUT2D eigenvalue weighted by atomic mass is 32.2. The van der Waals surface area contributed by atoms with Gasteiger partial charge in [0, 0.05) is 6.54 Å². The van der Waals surface area contributed by atoms with Gasteiger partial charge in [-0.2, -0.15) is 4.99 Å². The van der Waals surface area contributed by atoms with E-state index in [1.807, 2.05) is 72.8 Å². The van der Waals surface area contributed by atoms with Crippen LogP contribution >= 0.6 is 23.1 Å². The molecular weight excluding hydrogens is 386 g/mol. The zero-order valence-corrected chi connectivity index (χ0v) is 16.6. The van der Waals surface area contributed by atoms with Crippen molar-refractivity contribution in [2.75, 3.05) is 6.54 Å². The van der Waals surface area contributed by atoms with Crippen molar-refractivity contribution in [3.63, 3.8) is 0 Å². The van der Waals surface area contributed by atoms with E-state index in [0.717, 1.165) is 15.8 Å². The minimum Gasteiger partial charge on any atom is -0.282 e. The lowest BCUT2D eigenvalue weighted by atomic mass is 10.2. The van der Waals surface area contributed by atoms with Crippen LogP contribution in [-0.2, 0) is 4.79 Å². The van der Waals surface area contributed by atoms with Crippen molar-refractivity contribution in [3.8, 4) is 0 Å². The van der Waals surface area contributed by atoms with E-state index in [2.05, 4.69) is 16.6 Å². The first-order chi connectivity index (χ1) is 13.7. The molecule has 4 nitrogen and oxygen atoms in total. The minimum atomic E-state index is -0.0672. The molecule has 1 aliphatic heterocycles. The van der Waals surface area contributed by atoms with Gasteiger partial charge in [-0.3, -0.25) is 9.69 Å². The van der Waals surface area contributed by atoms with Gasteiger partial charge in [0.2, 0.25) is 5.13 Å². The maximum Gasteiger partial charge on any atom is 0.267 e. The Balaban J connectivity index is 1.61. The Morgan fingerprint density at radius 3 is 2.68 bits per heavy atom. The second-order valence-electron chi connectivity index (χ2n) is 5.97. The second kappa shape index (κ2) is 8.37. The normalized spacial score (nSPS) is 17.4. The number of rotatable bonds is 5. The summed E-state index contributed by atoms with van der Waals surface area (Å²) in [5.74, 6) is -0.0672. The molecule has 28 heavy (non-hydrogen) atoms. The highest BCUT2D eigenvalue weighted by molar-refractivity contribution is 8.18. The molecule has 138 valence electrons. The zero-order valence-electron chi connectivity index (χ0n) is 15.0. The van der Waals surface area contributed by atoms with Crippen LogP contribution in [-0.4, -0.2) is 27.5 Å². The van der Waals surface area contributed by atoms with Crippen molar-refractivity contribution in [2.24, 2.45) is 4.99 Å². The minimum absolute atomic E-state index is 0.0672. The van der Waals surface area contributed by atoms with Gasteiger partial charge >= 0.3 is 0 Å². The number of thiazole rings is 1. The van der Waals surface area contributed by atoms with Crippen molar-refractivity contribution >= 4 is 55.6 Å². The fourth-order valence-electron chi connectivity index (χ4n) is 2.70. The predicted molar refractivity (Wildman–Crippen MR) is 120 cm³/mol. The molecule has 1 aromatic heterocycles. The lowest BCUT2D eigenvalue weighted by Gasteiger charge is -2.11. The van der Waals surface area contributed by atoms with Gasteiger partial charge in [-0.1, -0.05) is 72.0 Å². The fraction of sp³-hybridized carbons (Fsp3) is 0.0455. The highest BCUT2D eigenvalue weighted by Crippen LogP contribution is 2.35. The number of hydrogen-bond donors (Lipinski definition) is 0. The monoisotopic (exact) mass is 403 g/mol. The van der Waals surface area contributed by atoms with Crippen LogP contribution in [0.5, 0.6) is 0 Å². The van der Waals surface area contributed by atoms with Gasteiger partial charge in [-0.05, 0) is 35.5 Å². The van der Waals surface area contributed by atoms with E-state index in [4.69, 9.17) is 0 Å². The van der Waals surface area contributed by atoms with E-state index in [9.17, 15) is 4.79 Å².